The molecule has 0 radical (unpaired) electrons. The van der Waals surface area contributed by atoms with Crippen LogP contribution in [-0.2, 0) is 6.54 Å². The molecule has 6 nitrogen and oxygen atoms in total. The zero-order valence-electron chi connectivity index (χ0n) is 19.3. The Morgan fingerprint density at radius 3 is 2.31 bits per heavy atom. The number of aromatic hydroxyl groups is 1. The van der Waals surface area contributed by atoms with Gasteiger partial charge < -0.3 is 10.4 Å². The standard InChI is InChI=1S/C28H23F2N3O3/c29-19-5-1-16(2-6-19)15-33-25-22(11-18(14-31-25)17-3-7-20(30)8-4-17)24(34)23(27(33)36)26(35)32-21-12-28(13-21)9-10-28/h1-8,11,14,21,34H,9-10,12-13,15H2,(H,32,35). The molecule has 0 aliphatic heterocycles. The first-order chi connectivity index (χ1) is 17.3. The van der Waals surface area contributed by atoms with E-state index in [9.17, 15) is 23.5 Å². The molecular weight excluding hydrogens is 464 g/mol. The number of carbonyl (C=O) groups is 1. The second-order valence-corrected chi connectivity index (χ2v) is 9.92. The molecule has 2 aromatic carbocycles. The van der Waals surface area contributed by atoms with E-state index in [2.05, 4.69) is 10.3 Å². The number of amides is 1. The summed E-state index contributed by atoms with van der Waals surface area (Å²) in [6, 6.07) is 13.1. The van der Waals surface area contributed by atoms with Crippen molar-refractivity contribution in [3.8, 4) is 16.9 Å². The van der Waals surface area contributed by atoms with Crippen molar-refractivity contribution in [3.05, 3.63) is 93.9 Å². The summed E-state index contributed by atoms with van der Waals surface area (Å²) in [5.41, 5.74) is 1.41. The SMILES string of the molecule is O=C(NC1CC2(CC2)C1)c1c(O)c2cc(-c3ccc(F)cc3)cnc2n(Cc2ccc(F)cc2)c1=O. The molecule has 36 heavy (non-hydrogen) atoms. The minimum absolute atomic E-state index is 0.0243. The van der Waals surface area contributed by atoms with Gasteiger partial charge in [-0.2, -0.15) is 0 Å². The topological polar surface area (TPSA) is 84.2 Å². The van der Waals surface area contributed by atoms with Crippen molar-refractivity contribution in [1.29, 1.82) is 0 Å². The molecule has 2 heterocycles. The number of hydrogen-bond donors (Lipinski definition) is 2. The van der Waals surface area contributed by atoms with Gasteiger partial charge in [0.1, 0.15) is 28.6 Å². The molecule has 2 fully saturated rings. The highest BCUT2D eigenvalue weighted by atomic mass is 19.1. The predicted molar refractivity (Wildman–Crippen MR) is 131 cm³/mol. The van der Waals surface area contributed by atoms with Crippen LogP contribution in [0.15, 0.2) is 65.6 Å². The fourth-order valence-corrected chi connectivity index (χ4v) is 5.17. The number of hydrogen-bond acceptors (Lipinski definition) is 4. The maximum atomic E-state index is 13.5. The van der Waals surface area contributed by atoms with E-state index in [1.165, 1.54) is 47.9 Å². The maximum Gasteiger partial charge on any atom is 0.269 e. The normalized spacial score (nSPS) is 16.2. The van der Waals surface area contributed by atoms with Crippen LogP contribution in [0.4, 0.5) is 8.78 Å². The summed E-state index contributed by atoms with van der Waals surface area (Å²) in [7, 11) is 0. The Hall–Kier alpha value is -4.07. The zero-order chi connectivity index (χ0) is 25.0. The Bertz CT molecular complexity index is 1550. The number of rotatable bonds is 5. The average Bonchev–Trinajstić information content (AvgIpc) is 3.64. The predicted octanol–water partition coefficient (Wildman–Crippen LogP) is 4.77. The molecule has 0 atom stereocenters. The Kier molecular flexibility index (Phi) is 5.14. The lowest BCUT2D eigenvalue weighted by Gasteiger charge is -2.36. The third-order valence-electron chi connectivity index (χ3n) is 7.38. The molecule has 0 unspecified atom stereocenters. The molecule has 4 aromatic rings. The quantitative estimate of drug-likeness (QED) is 0.425. The van der Waals surface area contributed by atoms with Crippen LogP contribution >= 0.6 is 0 Å². The minimum Gasteiger partial charge on any atom is -0.506 e. The van der Waals surface area contributed by atoms with E-state index < -0.39 is 23.0 Å². The summed E-state index contributed by atoms with van der Waals surface area (Å²) in [6.45, 7) is 0.0333. The Labute approximate surface area is 205 Å². The van der Waals surface area contributed by atoms with Gasteiger partial charge in [0.2, 0.25) is 0 Å². The van der Waals surface area contributed by atoms with E-state index in [-0.39, 0.29) is 35.0 Å². The lowest BCUT2D eigenvalue weighted by atomic mass is 9.77. The first-order valence-electron chi connectivity index (χ1n) is 11.9. The Morgan fingerprint density at radius 1 is 1.03 bits per heavy atom. The van der Waals surface area contributed by atoms with Crippen LogP contribution in [0.2, 0.25) is 0 Å². The summed E-state index contributed by atoms with van der Waals surface area (Å²) in [5.74, 6) is -1.86. The molecule has 2 aliphatic rings. The molecular formula is C28H23F2N3O3. The van der Waals surface area contributed by atoms with Crippen LogP contribution < -0.4 is 10.9 Å². The molecule has 1 amide bonds. The van der Waals surface area contributed by atoms with Crippen molar-refractivity contribution in [3.63, 3.8) is 0 Å². The molecule has 0 bridgehead atoms. The summed E-state index contributed by atoms with van der Waals surface area (Å²) in [6.07, 6.45) is 5.63. The largest absolute Gasteiger partial charge is 0.506 e. The van der Waals surface area contributed by atoms with Crippen LogP contribution in [0, 0.1) is 17.0 Å². The highest BCUT2D eigenvalue weighted by Gasteiger charge is 2.53. The van der Waals surface area contributed by atoms with E-state index in [1.54, 1.807) is 30.3 Å². The third-order valence-corrected chi connectivity index (χ3v) is 7.38. The zero-order valence-corrected chi connectivity index (χ0v) is 19.3. The van der Waals surface area contributed by atoms with Crippen LogP contribution in [0.25, 0.3) is 22.2 Å². The molecule has 182 valence electrons. The number of pyridine rings is 2. The highest BCUT2D eigenvalue weighted by Crippen LogP contribution is 2.60. The molecule has 0 saturated heterocycles. The second-order valence-electron chi connectivity index (χ2n) is 9.92. The van der Waals surface area contributed by atoms with Crippen LogP contribution in [-0.4, -0.2) is 26.6 Å². The number of aromatic nitrogens is 2. The second kappa shape index (κ2) is 8.26. The first-order valence-corrected chi connectivity index (χ1v) is 11.9. The van der Waals surface area contributed by atoms with Crippen molar-refractivity contribution in [2.24, 2.45) is 5.41 Å². The first kappa shape index (κ1) is 22.4. The Balaban J connectivity index is 1.46. The van der Waals surface area contributed by atoms with Gasteiger partial charge in [0.25, 0.3) is 11.5 Å². The summed E-state index contributed by atoms with van der Waals surface area (Å²) >= 11 is 0. The molecule has 2 aromatic heterocycles. The number of nitrogens with one attached hydrogen (secondary N) is 1. The smallest absolute Gasteiger partial charge is 0.269 e. The van der Waals surface area contributed by atoms with Crippen molar-refractivity contribution < 1.29 is 18.7 Å². The summed E-state index contributed by atoms with van der Waals surface area (Å²) < 4.78 is 28.2. The third kappa shape index (κ3) is 3.92. The molecule has 8 heteroatoms. The lowest BCUT2D eigenvalue weighted by molar-refractivity contribution is 0.0873. The van der Waals surface area contributed by atoms with E-state index in [0.717, 1.165) is 12.8 Å². The average molecular weight is 488 g/mol. The lowest BCUT2D eigenvalue weighted by Crippen LogP contribution is -2.46. The van der Waals surface area contributed by atoms with Crippen LogP contribution in [0.3, 0.4) is 0 Å². The summed E-state index contributed by atoms with van der Waals surface area (Å²) in [5, 5.41) is 14.3. The van der Waals surface area contributed by atoms with E-state index >= 15 is 0 Å². The molecule has 2 N–H and O–H groups in total. The van der Waals surface area contributed by atoms with Gasteiger partial charge in [-0.25, -0.2) is 13.8 Å². The fourth-order valence-electron chi connectivity index (χ4n) is 5.17. The fraction of sp³-hybridized carbons (Fsp3) is 0.250. The summed E-state index contributed by atoms with van der Waals surface area (Å²) in [4.78, 5) is 31.2. The van der Waals surface area contributed by atoms with Crippen molar-refractivity contribution in [1.82, 2.24) is 14.9 Å². The minimum atomic E-state index is -0.677. The molecule has 2 saturated carbocycles. The number of nitrogens with zero attached hydrogens (tertiary/aromatic N) is 2. The van der Waals surface area contributed by atoms with Gasteiger partial charge in [-0.1, -0.05) is 24.3 Å². The Morgan fingerprint density at radius 2 is 1.67 bits per heavy atom. The molecule has 1 spiro atoms. The van der Waals surface area contributed by atoms with E-state index in [4.69, 9.17) is 0 Å². The number of halogens is 2. The van der Waals surface area contributed by atoms with Crippen LogP contribution in [0.5, 0.6) is 5.75 Å². The van der Waals surface area contributed by atoms with E-state index in [1.807, 2.05) is 0 Å². The molecule has 6 rings (SSSR count). The maximum absolute atomic E-state index is 13.5. The van der Waals surface area contributed by atoms with Crippen molar-refractivity contribution in [2.45, 2.75) is 38.3 Å². The van der Waals surface area contributed by atoms with Gasteiger partial charge in [-0.15, -0.1) is 0 Å². The van der Waals surface area contributed by atoms with Gasteiger partial charge in [-0.3, -0.25) is 14.2 Å². The number of benzene rings is 2. The highest BCUT2D eigenvalue weighted by molar-refractivity contribution is 6.02. The van der Waals surface area contributed by atoms with Crippen molar-refractivity contribution in [2.75, 3.05) is 0 Å². The van der Waals surface area contributed by atoms with Gasteiger partial charge in [0, 0.05) is 17.8 Å². The van der Waals surface area contributed by atoms with Crippen LogP contribution in [0.1, 0.15) is 41.6 Å². The monoisotopic (exact) mass is 487 g/mol. The van der Waals surface area contributed by atoms with E-state index in [0.29, 0.717) is 22.1 Å². The van der Waals surface area contributed by atoms with Crippen molar-refractivity contribution >= 4 is 16.9 Å². The number of fused-ring (bicyclic) bond motifs is 1. The van der Waals surface area contributed by atoms with Gasteiger partial charge in [-0.05, 0) is 72.6 Å². The van der Waals surface area contributed by atoms with Gasteiger partial charge >= 0.3 is 0 Å². The number of carbonyl (C=O) groups excluding carboxylic acids is 1. The van der Waals surface area contributed by atoms with Gasteiger partial charge in [0.05, 0.1) is 11.9 Å². The molecule has 2 aliphatic carbocycles. The van der Waals surface area contributed by atoms with Gasteiger partial charge in [0.15, 0.2) is 0 Å².